The topological polar surface area (TPSA) is 88.2 Å². The van der Waals surface area contributed by atoms with Gasteiger partial charge in [-0.2, -0.15) is 0 Å². The number of nitrogens with zero attached hydrogens (tertiary/aromatic N) is 2. The molecule has 0 spiro atoms. The Morgan fingerprint density at radius 3 is 2.74 bits per heavy atom. The minimum Gasteiger partial charge on any atom is -0.388 e. The number of hydrogen-bond acceptors (Lipinski definition) is 5. The van der Waals surface area contributed by atoms with E-state index in [1.807, 2.05) is 0 Å². The summed E-state index contributed by atoms with van der Waals surface area (Å²) in [6, 6.07) is 5.13. The molecule has 0 aliphatic carbocycles. The van der Waals surface area contributed by atoms with Gasteiger partial charge in [-0.15, -0.1) is 0 Å². The molecule has 2 N–H and O–H groups in total. The largest absolute Gasteiger partial charge is 0.388 e. The lowest BCUT2D eigenvalue weighted by Gasteiger charge is -2.24. The van der Waals surface area contributed by atoms with Crippen LogP contribution in [-0.4, -0.2) is 33.3 Å². The van der Waals surface area contributed by atoms with Crippen LogP contribution in [0.25, 0.3) is 11.3 Å². The number of amides is 1. The second-order valence-corrected chi connectivity index (χ2v) is 6.42. The van der Waals surface area contributed by atoms with Crippen molar-refractivity contribution in [2.75, 3.05) is 6.54 Å². The molecule has 124 valence electrons. The Labute approximate surface area is 135 Å². The van der Waals surface area contributed by atoms with Crippen molar-refractivity contribution in [3.63, 3.8) is 0 Å². The van der Waals surface area contributed by atoms with Gasteiger partial charge in [-0.1, -0.05) is 19.0 Å². The van der Waals surface area contributed by atoms with Crippen LogP contribution in [0.15, 0.2) is 35.1 Å². The van der Waals surface area contributed by atoms with Crippen LogP contribution in [0.5, 0.6) is 0 Å². The molecule has 23 heavy (non-hydrogen) atoms. The van der Waals surface area contributed by atoms with Crippen molar-refractivity contribution in [2.24, 2.45) is 5.92 Å². The second-order valence-electron chi connectivity index (χ2n) is 6.42. The van der Waals surface area contributed by atoms with Gasteiger partial charge in [-0.3, -0.25) is 9.78 Å². The Morgan fingerprint density at radius 2 is 2.09 bits per heavy atom. The highest BCUT2D eigenvalue weighted by Gasteiger charge is 2.23. The van der Waals surface area contributed by atoms with Gasteiger partial charge >= 0.3 is 0 Å². The summed E-state index contributed by atoms with van der Waals surface area (Å²) in [5.74, 6) is 0.652. The molecule has 2 rings (SSSR count). The molecule has 1 atom stereocenters. The summed E-state index contributed by atoms with van der Waals surface area (Å²) in [7, 11) is 0. The Bertz CT molecular complexity index is 636. The maximum atomic E-state index is 12.1. The van der Waals surface area contributed by atoms with Crippen LogP contribution in [0.4, 0.5) is 0 Å². The van der Waals surface area contributed by atoms with E-state index in [0.29, 0.717) is 18.1 Å². The smallest absolute Gasteiger partial charge is 0.273 e. The highest BCUT2D eigenvalue weighted by Crippen LogP contribution is 2.19. The first-order valence-electron chi connectivity index (χ1n) is 7.75. The van der Waals surface area contributed by atoms with Gasteiger partial charge in [0, 0.05) is 30.6 Å². The molecule has 0 fully saturated rings. The van der Waals surface area contributed by atoms with E-state index in [-0.39, 0.29) is 18.1 Å². The fraction of sp³-hybridized carbons (Fsp3) is 0.471. The van der Waals surface area contributed by atoms with Crippen molar-refractivity contribution in [2.45, 2.75) is 39.2 Å². The van der Waals surface area contributed by atoms with Crippen LogP contribution in [-0.2, 0) is 0 Å². The Kier molecular flexibility index (Phi) is 5.50. The molecule has 0 aromatic carbocycles. The molecule has 6 nitrogen and oxygen atoms in total. The van der Waals surface area contributed by atoms with Crippen molar-refractivity contribution in [3.8, 4) is 11.3 Å². The Morgan fingerprint density at radius 1 is 1.39 bits per heavy atom. The normalized spacial score (nSPS) is 13.8. The van der Waals surface area contributed by atoms with Gasteiger partial charge in [0.15, 0.2) is 11.5 Å². The summed E-state index contributed by atoms with van der Waals surface area (Å²) in [6.07, 6.45) is 4.82. The summed E-state index contributed by atoms with van der Waals surface area (Å²) < 4.78 is 5.18. The fourth-order valence-electron chi connectivity index (χ4n) is 2.08. The highest BCUT2D eigenvalue weighted by molar-refractivity contribution is 5.93. The molecule has 2 aromatic rings. The van der Waals surface area contributed by atoms with Gasteiger partial charge in [0.2, 0.25) is 0 Å². The monoisotopic (exact) mass is 317 g/mol. The van der Waals surface area contributed by atoms with E-state index in [2.05, 4.69) is 29.3 Å². The van der Waals surface area contributed by atoms with Crippen molar-refractivity contribution in [1.29, 1.82) is 0 Å². The summed E-state index contributed by atoms with van der Waals surface area (Å²) >= 11 is 0. The van der Waals surface area contributed by atoms with Gasteiger partial charge in [-0.05, 0) is 37.8 Å². The molecule has 1 unspecified atom stereocenters. The van der Waals surface area contributed by atoms with E-state index in [0.717, 1.165) is 12.0 Å². The van der Waals surface area contributed by atoms with Crippen LogP contribution in [0.3, 0.4) is 0 Å². The lowest BCUT2D eigenvalue weighted by atomic mass is 9.95. The van der Waals surface area contributed by atoms with Gasteiger partial charge < -0.3 is 14.9 Å². The van der Waals surface area contributed by atoms with Gasteiger partial charge in [0.1, 0.15) is 0 Å². The number of aliphatic hydroxyl groups is 1. The van der Waals surface area contributed by atoms with Crippen molar-refractivity contribution >= 4 is 5.91 Å². The number of carbonyl (C=O) groups is 1. The van der Waals surface area contributed by atoms with E-state index < -0.39 is 5.60 Å². The van der Waals surface area contributed by atoms with E-state index in [1.165, 1.54) is 0 Å². The zero-order valence-electron chi connectivity index (χ0n) is 13.7. The average Bonchev–Trinajstić information content (AvgIpc) is 3.02. The number of rotatable bonds is 7. The number of pyridine rings is 1. The van der Waals surface area contributed by atoms with E-state index in [1.54, 1.807) is 37.5 Å². The molecule has 0 saturated heterocycles. The van der Waals surface area contributed by atoms with Crippen LogP contribution in [0.2, 0.25) is 0 Å². The van der Waals surface area contributed by atoms with Crippen molar-refractivity contribution < 1.29 is 14.4 Å². The predicted molar refractivity (Wildman–Crippen MR) is 86.8 cm³/mol. The summed E-state index contributed by atoms with van der Waals surface area (Å²) in [5.41, 5.74) is 0.0596. The lowest BCUT2D eigenvalue weighted by Crippen LogP contribution is -2.40. The lowest BCUT2D eigenvalue weighted by molar-refractivity contribution is 0.0427. The fourth-order valence-corrected chi connectivity index (χ4v) is 2.08. The average molecular weight is 317 g/mol. The quantitative estimate of drug-likeness (QED) is 0.819. The predicted octanol–water partition coefficient (Wildman–Crippen LogP) is 2.65. The summed E-state index contributed by atoms with van der Waals surface area (Å²) in [4.78, 5) is 16.0. The van der Waals surface area contributed by atoms with E-state index in [4.69, 9.17) is 4.52 Å². The molecule has 2 aromatic heterocycles. The highest BCUT2D eigenvalue weighted by atomic mass is 16.5. The molecule has 2 heterocycles. The van der Waals surface area contributed by atoms with Gasteiger partial charge in [0.25, 0.3) is 5.91 Å². The SMILES string of the molecule is CC(C)CCC(C)(O)CNC(=O)c1cc(-c2ccncc2)on1. The third kappa shape index (κ3) is 5.17. The first-order valence-corrected chi connectivity index (χ1v) is 7.75. The molecular formula is C17H23N3O3. The first-order chi connectivity index (χ1) is 10.9. The van der Waals surface area contributed by atoms with Gasteiger partial charge in [-0.25, -0.2) is 0 Å². The molecular weight excluding hydrogens is 294 g/mol. The van der Waals surface area contributed by atoms with E-state index in [9.17, 15) is 9.90 Å². The maximum Gasteiger partial charge on any atom is 0.273 e. The number of aromatic nitrogens is 2. The second kappa shape index (κ2) is 7.37. The Balaban J connectivity index is 1.93. The van der Waals surface area contributed by atoms with Crippen molar-refractivity contribution in [3.05, 3.63) is 36.3 Å². The molecule has 0 saturated carbocycles. The molecule has 0 radical (unpaired) electrons. The van der Waals surface area contributed by atoms with Crippen LogP contribution in [0.1, 0.15) is 44.1 Å². The van der Waals surface area contributed by atoms with Crippen LogP contribution < -0.4 is 5.32 Å². The third-order valence-electron chi connectivity index (χ3n) is 3.60. The van der Waals surface area contributed by atoms with Crippen LogP contribution in [0, 0.1) is 5.92 Å². The summed E-state index contributed by atoms with van der Waals surface area (Å²) in [5, 5.41) is 16.8. The molecule has 6 heteroatoms. The Hall–Kier alpha value is -2.21. The first kappa shape index (κ1) is 17.1. The minimum atomic E-state index is -0.933. The van der Waals surface area contributed by atoms with Crippen LogP contribution >= 0.6 is 0 Å². The molecule has 1 amide bonds. The standard InChI is InChI=1S/C17H23N3O3/c1-12(2)4-7-17(3,22)11-19-16(21)14-10-15(23-20-14)13-5-8-18-9-6-13/h5-6,8-10,12,22H,4,7,11H2,1-3H3,(H,19,21). The minimum absolute atomic E-state index is 0.177. The third-order valence-corrected chi connectivity index (χ3v) is 3.60. The number of nitrogens with one attached hydrogen (secondary N) is 1. The molecule has 0 aliphatic rings. The maximum absolute atomic E-state index is 12.1. The summed E-state index contributed by atoms with van der Waals surface area (Å²) in [6.45, 7) is 6.10. The molecule has 0 aliphatic heterocycles. The zero-order valence-corrected chi connectivity index (χ0v) is 13.7. The number of carbonyl (C=O) groups excluding carboxylic acids is 1. The van der Waals surface area contributed by atoms with E-state index >= 15 is 0 Å². The molecule has 0 bridgehead atoms. The number of hydrogen-bond donors (Lipinski definition) is 2. The van der Waals surface area contributed by atoms with Crippen molar-refractivity contribution in [1.82, 2.24) is 15.5 Å². The zero-order chi connectivity index (χ0) is 16.9. The van der Waals surface area contributed by atoms with Gasteiger partial charge in [0.05, 0.1) is 5.60 Å².